The number of halogens is 1. The van der Waals surface area contributed by atoms with Gasteiger partial charge in [-0.25, -0.2) is 9.18 Å². The molecule has 1 heterocycles. The number of carbonyl (C=O) groups excluding carboxylic acids is 2. The van der Waals surface area contributed by atoms with Crippen molar-refractivity contribution < 1.29 is 23.1 Å². The number of benzene rings is 1. The number of rotatable bonds is 8. The van der Waals surface area contributed by atoms with E-state index in [-0.39, 0.29) is 34.5 Å². The van der Waals surface area contributed by atoms with Crippen molar-refractivity contribution >= 4 is 23.6 Å². The Morgan fingerprint density at radius 2 is 2.00 bits per heavy atom. The molecule has 1 N–H and O–H groups in total. The van der Waals surface area contributed by atoms with Crippen LogP contribution in [0.1, 0.15) is 20.3 Å². The molecule has 0 radical (unpaired) electrons. The Kier molecular flexibility index (Phi) is 7.14. The summed E-state index contributed by atoms with van der Waals surface area (Å²) in [5.74, 6) is -0.984. The average Bonchev–Trinajstić information content (AvgIpc) is 3.12. The number of aromatic nitrogens is 2. The Morgan fingerprint density at radius 1 is 1.31 bits per heavy atom. The van der Waals surface area contributed by atoms with Crippen molar-refractivity contribution in [1.29, 1.82) is 0 Å². The molecule has 2 atom stereocenters. The van der Waals surface area contributed by atoms with Gasteiger partial charge in [0, 0.05) is 5.56 Å². The Labute approximate surface area is 154 Å². The van der Waals surface area contributed by atoms with Crippen molar-refractivity contribution in [2.45, 2.75) is 31.5 Å². The molecule has 0 saturated heterocycles. The van der Waals surface area contributed by atoms with Gasteiger partial charge in [0.25, 0.3) is 5.22 Å². The third-order valence-corrected chi connectivity index (χ3v) is 4.63. The summed E-state index contributed by atoms with van der Waals surface area (Å²) in [6.45, 7) is 3.79. The summed E-state index contributed by atoms with van der Waals surface area (Å²) in [6, 6.07) is 4.94. The van der Waals surface area contributed by atoms with Crippen molar-refractivity contribution in [3.05, 3.63) is 30.1 Å². The summed E-state index contributed by atoms with van der Waals surface area (Å²) in [5, 5.41) is 10.6. The average molecular weight is 381 g/mol. The first-order chi connectivity index (χ1) is 12.4. The molecule has 140 valence electrons. The Balaban J connectivity index is 1.92. The lowest BCUT2D eigenvalue weighted by Crippen LogP contribution is -2.46. The Hall–Kier alpha value is -2.42. The number of hydrogen-bond donors (Lipinski definition) is 1. The topological polar surface area (TPSA) is 94.3 Å². The highest BCUT2D eigenvalue weighted by Crippen LogP contribution is 2.23. The third-order valence-electron chi connectivity index (χ3n) is 3.81. The first-order valence-electron chi connectivity index (χ1n) is 8.04. The van der Waals surface area contributed by atoms with Gasteiger partial charge < -0.3 is 14.5 Å². The van der Waals surface area contributed by atoms with Gasteiger partial charge in [-0.3, -0.25) is 4.79 Å². The summed E-state index contributed by atoms with van der Waals surface area (Å²) in [5.41, 5.74) is 0.581. The van der Waals surface area contributed by atoms with E-state index in [0.717, 1.165) is 18.2 Å². The molecule has 1 amide bonds. The predicted octanol–water partition coefficient (Wildman–Crippen LogP) is 2.67. The fourth-order valence-corrected chi connectivity index (χ4v) is 2.69. The summed E-state index contributed by atoms with van der Waals surface area (Å²) in [7, 11) is 1.29. The maximum Gasteiger partial charge on any atom is 0.328 e. The van der Waals surface area contributed by atoms with Crippen molar-refractivity contribution in [1.82, 2.24) is 15.5 Å². The molecule has 7 nitrogen and oxygen atoms in total. The van der Waals surface area contributed by atoms with Gasteiger partial charge in [0.2, 0.25) is 11.8 Å². The van der Waals surface area contributed by atoms with Gasteiger partial charge in [-0.05, 0) is 30.2 Å². The van der Waals surface area contributed by atoms with Gasteiger partial charge >= 0.3 is 5.97 Å². The highest BCUT2D eigenvalue weighted by molar-refractivity contribution is 7.99. The van der Waals surface area contributed by atoms with Crippen molar-refractivity contribution in [3.63, 3.8) is 0 Å². The molecule has 0 aliphatic carbocycles. The third kappa shape index (κ3) is 5.29. The molecular weight excluding hydrogens is 361 g/mol. The van der Waals surface area contributed by atoms with E-state index in [2.05, 4.69) is 15.5 Å². The van der Waals surface area contributed by atoms with Crippen LogP contribution in [-0.4, -0.2) is 41.0 Å². The number of nitrogens with zero attached hydrogens (tertiary/aromatic N) is 2. The van der Waals surface area contributed by atoms with Crippen LogP contribution in [-0.2, 0) is 14.3 Å². The van der Waals surface area contributed by atoms with Gasteiger partial charge in [-0.1, -0.05) is 32.0 Å². The molecule has 0 spiro atoms. The maximum atomic E-state index is 12.9. The van der Waals surface area contributed by atoms with E-state index in [1.54, 1.807) is 0 Å². The monoisotopic (exact) mass is 381 g/mol. The van der Waals surface area contributed by atoms with Crippen molar-refractivity contribution in [2.24, 2.45) is 5.92 Å². The first kappa shape index (κ1) is 19.9. The molecule has 9 heteroatoms. The number of esters is 1. The molecule has 1 aromatic carbocycles. The van der Waals surface area contributed by atoms with E-state index in [1.807, 2.05) is 13.8 Å². The van der Waals surface area contributed by atoms with Crippen LogP contribution >= 0.6 is 11.8 Å². The van der Waals surface area contributed by atoms with Gasteiger partial charge in [0.15, 0.2) is 0 Å². The largest absolute Gasteiger partial charge is 0.467 e. The van der Waals surface area contributed by atoms with E-state index in [0.29, 0.717) is 5.56 Å². The molecule has 0 saturated carbocycles. The van der Waals surface area contributed by atoms with E-state index in [4.69, 9.17) is 9.15 Å². The lowest BCUT2D eigenvalue weighted by atomic mass is 9.99. The lowest BCUT2D eigenvalue weighted by Gasteiger charge is -2.21. The van der Waals surface area contributed by atoms with Crippen molar-refractivity contribution in [3.8, 4) is 11.5 Å². The number of ether oxygens (including phenoxy) is 1. The van der Waals surface area contributed by atoms with E-state index in [1.165, 1.54) is 31.4 Å². The first-order valence-corrected chi connectivity index (χ1v) is 9.02. The van der Waals surface area contributed by atoms with Crippen LogP contribution < -0.4 is 5.32 Å². The minimum atomic E-state index is -0.699. The zero-order valence-corrected chi connectivity index (χ0v) is 15.5. The summed E-state index contributed by atoms with van der Waals surface area (Å²) in [4.78, 5) is 23.9. The van der Waals surface area contributed by atoms with Gasteiger partial charge in [0.05, 0.1) is 12.9 Å². The van der Waals surface area contributed by atoms with Crippen molar-refractivity contribution in [2.75, 3.05) is 12.9 Å². The number of hydrogen-bond acceptors (Lipinski definition) is 7. The van der Waals surface area contributed by atoms with Crippen LogP contribution in [0.3, 0.4) is 0 Å². The molecular formula is C17H20FN3O4S. The van der Waals surface area contributed by atoms with E-state index < -0.39 is 12.0 Å². The van der Waals surface area contributed by atoms with Crippen LogP contribution in [0.25, 0.3) is 11.5 Å². The molecule has 0 unspecified atom stereocenters. The second-order valence-corrected chi connectivity index (χ2v) is 6.55. The van der Waals surface area contributed by atoms with E-state index in [9.17, 15) is 14.0 Å². The number of thioether (sulfide) groups is 1. The second kappa shape index (κ2) is 9.33. The standard InChI is InChI=1S/C17H20FN3O4S/c1-4-10(2)14(16(23)24-3)19-13(22)9-26-17-21-20-15(25-17)11-5-7-12(18)8-6-11/h5-8,10,14H,4,9H2,1-3H3,(H,19,22)/t10-,14-/m1/s1. The minimum Gasteiger partial charge on any atom is -0.467 e. The number of carbonyl (C=O) groups is 2. The number of nitrogens with one attached hydrogen (secondary N) is 1. The normalized spacial score (nSPS) is 13.1. The fraction of sp³-hybridized carbons (Fsp3) is 0.412. The molecule has 0 fully saturated rings. The molecule has 0 aliphatic rings. The highest BCUT2D eigenvalue weighted by Gasteiger charge is 2.26. The molecule has 2 rings (SSSR count). The zero-order chi connectivity index (χ0) is 19.1. The summed E-state index contributed by atoms with van der Waals surface area (Å²) in [6.07, 6.45) is 0.720. The quantitative estimate of drug-likeness (QED) is 0.555. The number of amides is 1. The second-order valence-electron chi connectivity index (χ2n) is 5.62. The van der Waals surface area contributed by atoms with E-state index >= 15 is 0 Å². The van der Waals surface area contributed by atoms with Crippen LogP contribution in [0.2, 0.25) is 0 Å². The molecule has 1 aromatic heterocycles. The van der Waals surface area contributed by atoms with Gasteiger partial charge in [-0.15, -0.1) is 10.2 Å². The molecule has 2 aromatic rings. The smallest absolute Gasteiger partial charge is 0.328 e. The SMILES string of the molecule is CC[C@@H](C)[C@@H](NC(=O)CSc1nnc(-c2ccc(F)cc2)o1)C(=O)OC. The Bertz CT molecular complexity index is 751. The number of methoxy groups -OCH3 is 1. The van der Waals surface area contributed by atoms with Crippen LogP contribution in [0.5, 0.6) is 0 Å². The van der Waals surface area contributed by atoms with Crippen LogP contribution in [0, 0.1) is 11.7 Å². The summed E-state index contributed by atoms with van der Waals surface area (Å²) < 4.78 is 23.1. The van der Waals surface area contributed by atoms with Crippen LogP contribution in [0.15, 0.2) is 33.9 Å². The van der Waals surface area contributed by atoms with Gasteiger partial charge in [-0.2, -0.15) is 0 Å². The molecule has 0 aliphatic heterocycles. The Morgan fingerprint density at radius 3 is 2.62 bits per heavy atom. The van der Waals surface area contributed by atoms with Gasteiger partial charge in [0.1, 0.15) is 11.9 Å². The highest BCUT2D eigenvalue weighted by atomic mass is 32.2. The fourth-order valence-electron chi connectivity index (χ4n) is 2.12. The predicted molar refractivity (Wildman–Crippen MR) is 93.8 cm³/mol. The lowest BCUT2D eigenvalue weighted by molar-refractivity contribution is -0.146. The minimum absolute atomic E-state index is 0.00891. The maximum absolute atomic E-state index is 12.9. The molecule has 26 heavy (non-hydrogen) atoms. The molecule has 0 bridgehead atoms. The van der Waals surface area contributed by atoms with Crippen LogP contribution in [0.4, 0.5) is 4.39 Å². The zero-order valence-electron chi connectivity index (χ0n) is 14.7. The summed E-state index contributed by atoms with van der Waals surface area (Å²) >= 11 is 1.05.